The van der Waals surface area contributed by atoms with Crippen LogP contribution in [0.15, 0.2) is 0 Å². The van der Waals surface area contributed by atoms with Crippen molar-refractivity contribution < 1.29 is 34.2 Å². The van der Waals surface area contributed by atoms with Crippen molar-refractivity contribution in [2.24, 2.45) is 0 Å². The summed E-state index contributed by atoms with van der Waals surface area (Å²) in [6, 6.07) is 0. The van der Waals surface area contributed by atoms with Crippen molar-refractivity contribution in [1.82, 2.24) is 0 Å². The van der Waals surface area contributed by atoms with Crippen molar-refractivity contribution in [3.05, 3.63) is 0 Å². The molecule has 9 heteroatoms. The number of carbonyl (C=O) groups excluding carboxylic acids is 2. The molecule has 0 fully saturated rings. The van der Waals surface area contributed by atoms with E-state index in [1.54, 1.807) is 0 Å². The monoisotopic (exact) mass is 220 g/mol. The Balaban J connectivity index is 0. The fourth-order valence-corrected chi connectivity index (χ4v) is 1.16. The van der Waals surface area contributed by atoms with Crippen LogP contribution in [0.5, 0.6) is 0 Å². The van der Waals surface area contributed by atoms with Crippen LogP contribution in [-0.4, -0.2) is 50.4 Å². The first-order valence-electron chi connectivity index (χ1n) is 2.71. The molecule has 0 aromatic rings. The van der Waals surface area contributed by atoms with E-state index in [-0.39, 0.29) is 23.1 Å². The van der Waals surface area contributed by atoms with Gasteiger partial charge in [-0.25, -0.2) is 0 Å². The van der Waals surface area contributed by atoms with Crippen molar-refractivity contribution in [2.75, 3.05) is 0 Å². The Morgan fingerprint density at radius 3 is 1.77 bits per heavy atom. The summed E-state index contributed by atoms with van der Waals surface area (Å²) in [6.07, 6.45) is -1.26. The minimum atomic E-state index is -4.97. The normalized spacial score (nSPS) is 12.8. The van der Waals surface area contributed by atoms with Crippen LogP contribution in [0.3, 0.4) is 0 Å². The van der Waals surface area contributed by atoms with Crippen LogP contribution < -0.4 is 10.2 Å². The minimum absolute atomic E-state index is 0. The maximum Gasteiger partial charge on any atom is 2.00 e. The van der Waals surface area contributed by atoms with Crippen LogP contribution >= 0.6 is 7.60 Å². The predicted octanol–water partition coefficient (Wildman–Crippen LogP) is -3.96. The molecule has 0 aliphatic carbocycles. The number of carboxylic acids is 2. The van der Waals surface area contributed by atoms with Crippen molar-refractivity contribution in [3.8, 4) is 0 Å². The second-order valence-corrected chi connectivity index (χ2v) is 3.80. The zero-order valence-corrected chi connectivity index (χ0v) is 8.68. The molecule has 13 heavy (non-hydrogen) atoms. The number of aliphatic carboxylic acids is 2. The van der Waals surface area contributed by atoms with E-state index in [1.807, 2.05) is 0 Å². The van der Waals surface area contributed by atoms with E-state index in [0.29, 0.717) is 0 Å². The van der Waals surface area contributed by atoms with Gasteiger partial charge in [0.05, 0.1) is 5.97 Å². The fourth-order valence-electron chi connectivity index (χ4n) is 0.497. The molecule has 0 aromatic carbocycles. The van der Waals surface area contributed by atoms with Crippen molar-refractivity contribution in [1.29, 1.82) is 0 Å². The molecule has 1 unspecified atom stereocenters. The molecule has 0 bridgehead atoms. The molecule has 0 radical (unpaired) electrons. The molecule has 70 valence electrons. The van der Waals surface area contributed by atoms with Crippen LogP contribution in [0.1, 0.15) is 6.42 Å². The summed E-state index contributed by atoms with van der Waals surface area (Å²) in [4.78, 5) is 36.4. The molecule has 1 atom stereocenters. The van der Waals surface area contributed by atoms with E-state index in [9.17, 15) is 24.4 Å². The van der Waals surface area contributed by atoms with Gasteiger partial charge in [0.15, 0.2) is 0 Å². The second kappa shape index (κ2) is 5.56. The van der Waals surface area contributed by atoms with E-state index < -0.39 is 31.6 Å². The van der Waals surface area contributed by atoms with Crippen LogP contribution in [0, 0.1) is 0 Å². The van der Waals surface area contributed by atoms with Crippen LogP contribution in [-0.2, 0) is 14.2 Å². The van der Waals surface area contributed by atoms with Gasteiger partial charge >= 0.3 is 30.6 Å². The number of carboxylic acid groups (broad SMARTS) is 2. The third-order valence-electron chi connectivity index (χ3n) is 1.04. The molecule has 0 saturated heterocycles. The Hall–Kier alpha value is -0.144. The van der Waals surface area contributed by atoms with Gasteiger partial charge < -0.3 is 29.6 Å². The van der Waals surface area contributed by atoms with Gasteiger partial charge in [-0.1, -0.05) is 0 Å². The number of hydrogen-bond donors (Lipinski definition) is 2. The van der Waals surface area contributed by atoms with Gasteiger partial charge in [-0.05, 0) is 0 Å². The van der Waals surface area contributed by atoms with E-state index in [2.05, 4.69) is 0 Å². The average molecular weight is 220 g/mol. The molecule has 2 N–H and O–H groups in total. The maximum absolute atomic E-state index is 10.3. The molecule has 0 rings (SSSR count). The van der Waals surface area contributed by atoms with Crippen LogP contribution in [0.25, 0.3) is 0 Å². The van der Waals surface area contributed by atoms with Gasteiger partial charge in [-0.3, -0.25) is 4.57 Å². The molecule has 7 nitrogen and oxygen atoms in total. The second-order valence-electron chi connectivity index (χ2n) is 2.00. The predicted molar refractivity (Wildman–Crippen MR) is 36.2 cm³/mol. The zero-order valence-electron chi connectivity index (χ0n) is 6.37. The first kappa shape index (κ1) is 15.3. The van der Waals surface area contributed by atoms with Gasteiger partial charge in [0.2, 0.25) is 0 Å². The van der Waals surface area contributed by atoms with E-state index in [4.69, 9.17) is 9.79 Å². The maximum atomic E-state index is 10.3. The number of rotatable bonds is 4. The Morgan fingerprint density at radius 2 is 1.69 bits per heavy atom. The van der Waals surface area contributed by atoms with Crippen molar-refractivity contribution >= 4 is 42.6 Å². The minimum Gasteiger partial charge on any atom is -0.550 e. The van der Waals surface area contributed by atoms with Gasteiger partial charge in [-0.2, -0.15) is 0 Å². The van der Waals surface area contributed by atoms with E-state index in [0.717, 1.165) is 0 Å². The molecule has 0 aliphatic heterocycles. The third kappa shape index (κ3) is 6.00. The van der Waals surface area contributed by atoms with Crippen LogP contribution in [0.4, 0.5) is 0 Å². The Kier molecular flexibility index (Phi) is 6.56. The van der Waals surface area contributed by atoms with Gasteiger partial charge in [0.1, 0.15) is 5.66 Å². The topological polar surface area (TPSA) is 138 Å². The number of carbonyl (C=O) groups is 2. The summed E-state index contributed by atoms with van der Waals surface area (Å²) >= 11 is 0. The first-order valence-corrected chi connectivity index (χ1v) is 4.39. The Labute approximate surface area is 89.1 Å². The van der Waals surface area contributed by atoms with E-state index >= 15 is 0 Å². The van der Waals surface area contributed by atoms with Gasteiger partial charge in [0, 0.05) is 12.4 Å². The molecule has 0 saturated carbocycles. The summed E-state index contributed by atoms with van der Waals surface area (Å²) < 4.78 is 10.3. The molecule has 0 aliphatic rings. The summed E-state index contributed by atoms with van der Waals surface area (Å²) in [5.74, 6) is -3.96. The third-order valence-corrected chi connectivity index (χ3v) is 2.24. The molecule has 0 heterocycles. The summed E-state index contributed by atoms with van der Waals surface area (Å²) in [5, 5.41) is 19.8. The first-order chi connectivity index (χ1) is 5.25. The smallest absolute Gasteiger partial charge is 0.550 e. The summed E-state index contributed by atoms with van der Waals surface area (Å²) in [7, 11) is -4.97. The zero-order chi connectivity index (χ0) is 9.94. The molecule has 0 aromatic heterocycles. The molecule has 0 amide bonds. The fraction of sp³-hybridized carbons (Fsp3) is 0.500. The van der Waals surface area contributed by atoms with Crippen molar-refractivity contribution in [3.63, 3.8) is 0 Å². The average Bonchev–Trinajstić information content (AvgIpc) is 1.79. The Morgan fingerprint density at radius 1 is 1.31 bits per heavy atom. The molecule has 0 spiro atoms. The summed E-state index contributed by atoms with van der Waals surface area (Å²) in [6.45, 7) is 0. The van der Waals surface area contributed by atoms with E-state index in [1.165, 1.54) is 0 Å². The van der Waals surface area contributed by atoms with Crippen molar-refractivity contribution in [2.45, 2.75) is 12.1 Å². The Bertz CT molecular complexity index is 245. The largest absolute Gasteiger partial charge is 2.00 e. The quantitative estimate of drug-likeness (QED) is 0.364. The van der Waals surface area contributed by atoms with Gasteiger partial charge in [-0.15, -0.1) is 0 Å². The standard InChI is InChI=1S/C4H7O7P.Mg/c5-3(6)1-2(4(7)8)12(9,10)11;/h2H,1H2,(H,5,6)(H,7,8)(H2,9,10,11);/q;+2/p-2. The SMILES string of the molecule is O=C([O-])CC(C(=O)[O-])P(=O)(O)O.[Mg+2]. The van der Waals surface area contributed by atoms with Crippen LogP contribution in [0.2, 0.25) is 0 Å². The molecular formula is C4H5MgO7P. The van der Waals surface area contributed by atoms with Gasteiger partial charge in [0.25, 0.3) is 0 Å². The molecular weight excluding hydrogens is 215 g/mol. The number of hydrogen-bond acceptors (Lipinski definition) is 5. The summed E-state index contributed by atoms with van der Waals surface area (Å²) in [5.41, 5.74) is -2.33.